The van der Waals surface area contributed by atoms with E-state index in [0.717, 1.165) is 12.8 Å². The number of anilines is 1. The molecule has 0 bridgehead atoms. The highest BCUT2D eigenvalue weighted by atomic mass is 32.2. The molecular weight excluding hydrogens is 340 g/mol. The largest absolute Gasteiger partial charge is 0.497 e. The van der Waals surface area contributed by atoms with Crippen molar-refractivity contribution in [3.63, 3.8) is 0 Å². The lowest BCUT2D eigenvalue weighted by Gasteiger charge is -2.09. The maximum atomic E-state index is 12.2. The highest BCUT2D eigenvalue weighted by Crippen LogP contribution is 2.17. The molecule has 2 aromatic carbocycles. The zero-order chi connectivity index (χ0) is 18.3. The Morgan fingerprint density at radius 1 is 1.12 bits per heavy atom. The fraction of sp³-hybridized carbons (Fsp3) is 0.278. The van der Waals surface area contributed by atoms with Crippen LogP contribution in [0.1, 0.15) is 30.1 Å². The van der Waals surface area contributed by atoms with Crippen molar-refractivity contribution < 1.29 is 17.9 Å². The zero-order valence-electron chi connectivity index (χ0n) is 14.3. The predicted octanol–water partition coefficient (Wildman–Crippen LogP) is 3.03. The molecule has 0 unspecified atom stereocenters. The minimum absolute atomic E-state index is 0.169. The number of unbranched alkanes of at least 4 members (excludes halogenated alkanes) is 1. The maximum Gasteiger partial charge on any atom is 0.255 e. The Bertz CT molecular complexity index is 817. The third-order valence-corrected chi connectivity index (χ3v) is 5.05. The fourth-order valence-corrected chi connectivity index (χ4v) is 3.23. The second-order valence-electron chi connectivity index (χ2n) is 5.46. The average molecular weight is 362 g/mol. The first-order valence-electron chi connectivity index (χ1n) is 8.01. The van der Waals surface area contributed by atoms with E-state index in [-0.39, 0.29) is 10.8 Å². The second kappa shape index (κ2) is 8.64. The van der Waals surface area contributed by atoms with E-state index in [1.165, 1.54) is 19.2 Å². The molecule has 0 fully saturated rings. The van der Waals surface area contributed by atoms with Gasteiger partial charge in [0, 0.05) is 17.8 Å². The van der Waals surface area contributed by atoms with Crippen LogP contribution in [0.3, 0.4) is 0 Å². The maximum absolute atomic E-state index is 12.2. The molecule has 0 saturated heterocycles. The molecule has 0 aliphatic heterocycles. The van der Waals surface area contributed by atoms with Crippen LogP contribution in [0.15, 0.2) is 53.4 Å². The lowest BCUT2D eigenvalue weighted by atomic mass is 10.2. The molecular formula is C18H22N2O4S. The first kappa shape index (κ1) is 19.0. The van der Waals surface area contributed by atoms with E-state index in [1.54, 1.807) is 36.4 Å². The number of amides is 1. The lowest BCUT2D eigenvalue weighted by Crippen LogP contribution is -2.24. The minimum atomic E-state index is -3.52. The molecule has 0 heterocycles. The summed E-state index contributed by atoms with van der Waals surface area (Å²) in [6.07, 6.45) is 1.70. The third kappa shape index (κ3) is 5.30. The van der Waals surface area contributed by atoms with Gasteiger partial charge in [-0.2, -0.15) is 0 Å². The van der Waals surface area contributed by atoms with Crippen molar-refractivity contribution in [3.05, 3.63) is 54.1 Å². The highest BCUT2D eigenvalue weighted by Gasteiger charge is 2.13. The molecule has 7 heteroatoms. The van der Waals surface area contributed by atoms with Gasteiger partial charge in [0.2, 0.25) is 10.0 Å². The summed E-state index contributed by atoms with van der Waals surface area (Å²) in [5, 5.41) is 2.73. The monoisotopic (exact) mass is 362 g/mol. The molecule has 2 N–H and O–H groups in total. The SMILES string of the molecule is CCCCNS(=O)(=O)c1ccc(NC(=O)c2cccc(OC)c2)cc1. The molecule has 2 aromatic rings. The molecule has 25 heavy (non-hydrogen) atoms. The number of rotatable bonds is 8. The summed E-state index contributed by atoms with van der Waals surface area (Å²) in [5.74, 6) is 0.294. The quantitative estimate of drug-likeness (QED) is 0.707. The number of carbonyl (C=O) groups excluding carboxylic acids is 1. The van der Waals surface area contributed by atoms with Crippen LogP contribution in [0, 0.1) is 0 Å². The summed E-state index contributed by atoms with van der Waals surface area (Å²) >= 11 is 0. The summed E-state index contributed by atoms with van der Waals surface area (Å²) in [6.45, 7) is 2.40. The highest BCUT2D eigenvalue weighted by molar-refractivity contribution is 7.89. The Balaban J connectivity index is 2.05. The van der Waals surface area contributed by atoms with Gasteiger partial charge in [0.15, 0.2) is 0 Å². The number of methoxy groups -OCH3 is 1. The van der Waals surface area contributed by atoms with Gasteiger partial charge in [0.25, 0.3) is 5.91 Å². The summed E-state index contributed by atoms with van der Waals surface area (Å²) < 4.78 is 31.9. The molecule has 0 saturated carbocycles. The van der Waals surface area contributed by atoms with Gasteiger partial charge < -0.3 is 10.1 Å². The van der Waals surface area contributed by atoms with Crippen LogP contribution in [0.4, 0.5) is 5.69 Å². The normalized spacial score (nSPS) is 11.1. The van der Waals surface area contributed by atoms with E-state index >= 15 is 0 Å². The number of ether oxygens (including phenoxy) is 1. The summed E-state index contributed by atoms with van der Waals surface area (Å²) in [4.78, 5) is 12.4. The predicted molar refractivity (Wildman–Crippen MR) is 97.5 cm³/mol. The average Bonchev–Trinajstić information content (AvgIpc) is 2.62. The minimum Gasteiger partial charge on any atom is -0.497 e. The molecule has 134 valence electrons. The van der Waals surface area contributed by atoms with Crippen LogP contribution >= 0.6 is 0 Å². The smallest absolute Gasteiger partial charge is 0.255 e. The van der Waals surface area contributed by atoms with Crippen LogP contribution < -0.4 is 14.8 Å². The Kier molecular flexibility index (Phi) is 6.55. The van der Waals surface area contributed by atoms with Crippen molar-refractivity contribution in [2.24, 2.45) is 0 Å². The number of sulfonamides is 1. The van der Waals surface area contributed by atoms with Crippen LogP contribution in [0.2, 0.25) is 0 Å². The van der Waals surface area contributed by atoms with Crippen molar-refractivity contribution in [1.82, 2.24) is 4.72 Å². The van der Waals surface area contributed by atoms with Gasteiger partial charge in [-0.05, 0) is 48.9 Å². The van der Waals surface area contributed by atoms with E-state index in [1.807, 2.05) is 6.92 Å². The van der Waals surface area contributed by atoms with Crippen LogP contribution in [-0.4, -0.2) is 28.0 Å². The van der Waals surface area contributed by atoms with E-state index in [9.17, 15) is 13.2 Å². The van der Waals surface area contributed by atoms with E-state index in [4.69, 9.17) is 4.74 Å². The van der Waals surface area contributed by atoms with Crippen LogP contribution in [0.25, 0.3) is 0 Å². The molecule has 0 aliphatic rings. The van der Waals surface area contributed by atoms with Gasteiger partial charge in [-0.1, -0.05) is 19.4 Å². The van der Waals surface area contributed by atoms with Crippen molar-refractivity contribution >= 4 is 21.6 Å². The molecule has 2 rings (SSSR count). The number of benzene rings is 2. The van der Waals surface area contributed by atoms with Crippen LogP contribution in [-0.2, 0) is 10.0 Å². The summed E-state index contributed by atoms with van der Waals surface area (Å²) in [5.41, 5.74) is 0.970. The van der Waals surface area contributed by atoms with E-state index < -0.39 is 10.0 Å². The fourth-order valence-electron chi connectivity index (χ4n) is 2.15. The first-order chi connectivity index (χ1) is 12.0. The second-order valence-corrected chi connectivity index (χ2v) is 7.23. The Hall–Kier alpha value is -2.38. The number of hydrogen-bond donors (Lipinski definition) is 2. The Labute approximate surface area is 148 Å². The van der Waals surface area contributed by atoms with Crippen molar-refractivity contribution in [2.75, 3.05) is 19.0 Å². The van der Waals surface area contributed by atoms with Crippen molar-refractivity contribution in [3.8, 4) is 5.75 Å². The topological polar surface area (TPSA) is 84.5 Å². The molecule has 0 aromatic heterocycles. The van der Waals surface area contributed by atoms with Gasteiger partial charge in [0.1, 0.15) is 5.75 Å². The Morgan fingerprint density at radius 3 is 2.48 bits per heavy atom. The van der Waals surface area contributed by atoms with Crippen molar-refractivity contribution in [1.29, 1.82) is 0 Å². The third-order valence-electron chi connectivity index (χ3n) is 3.58. The molecule has 0 atom stereocenters. The molecule has 0 aliphatic carbocycles. The van der Waals surface area contributed by atoms with Crippen molar-refractivity contribution in [2.45, 2.75) is 24.7 Å². The zero-order valence-corrected chi connectivity index (χ0v) is 15.1. The summed E-state index contributed by atoms with van der Waals surface area (Å²) in [7, 11) is -1.99. The number of hydrogen-bond acceptors (Lipinski definition) is 4. The van der Waals surface area contributed by atoms with E-state index in [2.05, 4.69) is 10.0 Å². The van der Waals surface area contributed by atoms with Gasteiger partial charge >= 0.3 is 0 Å². The molecule has 0 spiro atoms. The molecule has 1 amide bonds. The van der Waals surface area contributed by atoms with Gasteiger partial charge in [-0.25, -0.2) is 13.1 Å². The Morgan fingerprint density at radius 2 is 1.84 bits per heavy atom. The lowest BCUT2D eigenvalue weighted by molar-refractivity contribution is 0.102. The number of carbonyl (C=O) groups is 1. The van der Waals surface area contributed by atoms with Gasteiger partial charge in [-0.15, -0.1) is 0 Å². The van der Waals surface area contributed by atoms with Gasteiger partial charge in [0.05, 0.1) is 12.0 Å². The summed E-state index contributed by atoms with van der Waals surface area (Å²) in [6, 6.07) is 12.8. The molecule has 6 nitrogen and oxygen atoms in total. The standard InChI is InChI=1S/C18H22N2O4S/c1-3-4-12-19-25(22,23)17-10-8-15(9-11-17)20-18(21)14-6-5-7-16(13-14)24-2/h5-11,13,19H,3-4,12H2,1-2H3,(H,20,21). The number of nitrogens with one attached hydrogen (secondary N) is 2. The van der Waals surface area contributed by atoms with Crippen LogP contribution in [0.5, 0.6) is 5.75 Å². The van der Waals surface area contributed by atoms with Gasteiger partial charge in [-0.3, -0.25) is 4.79 Å². The molecule has 0 radical (unpaired) electrons. The first-order valence-corrected chi connectivity index (χ1v) is 9.49. The van der Waals surface area contributed by atoms with E-state index in [0.29, 0.717) is 23.5 Å².